The van der Waals surface area contributed by atoms with Gasteiger partial charge in [0.05, 0.1) is 6.10 Å². The molecule has 2 N–H and O–H groups in total. The summed E-state index contributed by atoms with van der Waals surface area (Å²) < 4.78 is 0. The predicted octanol–water partition coefficient (Wildman–Crippen LogP) is 0.852. The Morgan fingerprint density at radius 1 is 1.13 bits per heavy atom. The van der Waals surface area contributed by atoms with Crippen LogP contribution in [0.4, 0.5) is 0 Å². The largest absolute Gasteiger partial charge is 0.396 e. The van der Waals surface area contributed by atoms with Crippen molar-refractivity contribution in [2.45, 2.75) is 38.2 Å². The van der Waals surface area contributed by atoms with E-state index in [9.17, 15) is 5.11 Å². The first-order valence-electron chi connectivity index (χ1n) is 6.31. The Morgan fingerprint density at radius 3 is 2.60 bits per heavy atom. The molecule has 0 amide bonds. The number of aliphatic hydroxyl groups excluding tert-OH is 2. The molecule has 88 valence electrons. The standard InChI is InChI=1S/C12H23NO2/c14-9-10-5-6-13(7-10)8-11-3-1-2-4-12(11)15/h10-12,14-15H,1-9H2. The van der Waals surface area contributed by atoms with Crippen LogP contribution in [0, 0.1) is 11.8 Å². The van der Waals surface area contributed by atoms with Crippen LogP contribution < -0.4 is 0 Å². The molecule has 1 aliphatic heterocycles. The van der Waals surface area contributed by atoms with E-state index in [4.69, 9.17) is 5.11 Å². The van der Waals surface area contributed by atoms with Crippen molar-refractivity contribution in [2.75, 3.05) is 26.2 Å². The van der Waals surface area contributed by atoms with E-state index in [0.717, 1.165) is 32.5 Å². The van der Waals surface area contributed by atoms with Crippen molar-refractivity contribution in [2.24, 2.45) is 11.8 Å². The fourth-order valence-corrected chi connectivity index (χ4v) is 2.96. The summed E-state index contributed by atoms with van der Waals surface area (Å²) in [5.74, 6) is 0.960. The van der Waals surface area contributed by atoms with E-state index in [1.165, 1.54) is 19.3 Å². The first-order chi connectivity index (χ1) is 7.29. The molecule has 3 nitrogen and oxygen atoms in total. The maximum Gasteiger partial charge on any atom is 0.0580 e. The van der Waals surface area contributed by atoms with E-state index in [-0.39, 0.29) is 6.10 Å². The van der Waals surface area contributed by atoms with Crippen LogP contribution in [0.1, 0.15) is 32.1 Å². The molecule has 0 spiro atoms. The maximum atomic E-state index is 9.88. The molecule has 3 atom stereocenters. The van der Waals surface area contributed by atoms with Crippen LogP contribution in [0.3, 0.4) is 0 Å². The Kier molecular flexibility index (Phi) is 4.00. The molecule has 0 aromatic rings. The zero-order valence-electron chi connectivity index (χ0n) is 9.44. The zero-order valence-corrected chi connectivity index (χ0v) is 9.44. The Bertz CT molecular complexity index is 198. The summed E-state index contributed by atoms with van der Waals surface area (Å²) >= 11 is 0. The average Bonchev–Trinajstić information content (AvgIpc) is 2.69. The highest BCUT2D eigenvalue weighted by Crippen LogP contribution is 2.27. The van der Waals surface area contributed by atoms with Gasteiger partial charge in [-0.15, -0.1) is 0 Å². The molecule has 0 radical (unpaired) electrons. The third-order valence-electron chi connectivity index (χ3n) is 3.99. The molecule has 2 rings (SSSR count). The van der Waals surface area contributed by atoms with Crippen LogP contribution in [0.25, 0.3) is 0 Å². The van der Waals surface area contributed by atoms with Crippen LogP contribution >= 0.6 is 0 Å². The highest BCUT2D eigenvalue weighted by Gasteiger charge is 2.28. The van der Waals surface area contributed by atoms with Gasteiger partial charge in [-0.2, -0.15) is 0 Å². The number of nitrogens with zero attached hydrogens (tertiary/aromatic N) is 1. The van der Waals surface area contributed by atoms with Crippen molar-refractivity contribution in [1.82, 2.24) is 4.90 Å². The van der Waals surface area contributed by atoms with Crippen LogP contribution in [-0.4, -0.2) is 47.5 Å². The molecule has 15 heavy (non-hydrogen) atoms. The average molecular weight is 213 g/mol. The lowest BCUT2D eigenvalue weighted by atomic mass is 9.86. The molecule has 1 aliphatic carbocycles. The molecular weight excluding hydrogens is 190 g/mol. The molecule has 0 bridgehead atoms. The lowest BCUT2D eigenvalue weighted by Gasteiger charge is -2.31. The highest BCUT2D eigenvalue weighted by atomic mass is 16.3. The van der Waals surface area contributed by atoms with Gasteiger partial charge in [-0.05, 0) is 37.6 Å². The van der Waals surface area contributed by atoms with Crippen molar-refractivity contribution in [3.05, 3.63) is 0 Å². The van der Waals surface area contributed by atoms with E-state index in [1.54, 1.807) is 0 Å². The van der Waals surface area contributed by atoms with Gasteiger partial charge in [-0.25, -0.2) is 0 Å². The third kappa shape index (κ3) is 2.92. The fraction of sp³-hybridized carbons (Fsp3) is 1.00. The molecule has 3 unspecified atom stereocenters. The summed E-state index contributed by atoms with van der Waals surface area (Å²) in [4.78, 5) is 2.42. The van der Waals surface area contributed by atoms with Gasteiger partial charge in [0.15, 0.2) is 0 Å². The molecule has 1 heterocycles. The molecular formula is C12H23NO2. The van der Waals surface area contributed by atoms with Crippen molar-refractivity contribution >= 4 is 0 Å². The van der Waals surface area contributed by atoms with Gasteiger partial charge in [0.1, 0.15) is 0 Å². The molecule has 2 fully saturated rings. The highest BCUT2D eigenvalue weighted by molar-refractivity contribution is 4.81. The first kappa shape index (κ1) is 11.4. The van der Waals surface area contributed by atoms with E-state index in [1.807, 2.05) is 0 Å². The Hall–Kier alpha value is -0.120. The second-order valence-electron chi connectivity index (χ2n) is 5.21. The minimum Gasteiger partial charge on any atom is -0.396 e. The summed E-state index contributed by atoms with van der Waals surface area (Å²) in [7, 11) is 0. The van der Waals surface area contributed by atoms with Gasteiger partial charge in [0, 0.05) is 19.7 Å². The van der Waals surface area contributed by atoms with Gasteiger partial charge < -0.3 is 15.1 Å². The SMILES string of the molecule is OCC1CCN(CC2CCCCC2O)C1. The minimum absolute atomic E-state index is 0.0769. The van der Waals surface area contributed by atoms with Crippen molar-refractivity contribution in [3.8, 4) is 0 Å². The topological polar surface area (TPSA) is 43.7 Å². The summed E-state index contributed by atoms with van der Waals surface area (Å²) in [5.41, 5.74) is 0. The van der Waals surface area contributed by atoms with Crippen LogP contribution in [-0.2, 0) is 0 Å². The molecule has 1 saturated carbocycles. The zero-order chi connectivity index (χ0) is 10.7. The lowest BCUT2D eigenvalue weighted by molar-refractivity contribution is 0.0498. The number of likely N-dealkylation sites (tertiary alicyclic amines) is 1. The minimum atomic E-state index is -0.0769. The summed E-state index contributed by atoms with van der Waals surface area (Å²) in [6.45, 7) is 3.50. The Balaban J connectivity index is 1.76. The van der Waals surface area contributed by atoms with E-state index >= 15 is 0 Å². The lowest BCUT2D eigenvalue weighted by Crippen LogP contribution is -2.36. The Morgan fingerprint density at radius 2 is 1.93 bits per heavy atom. The van der Waals surface area contributed by atoms with Crippen LogP contribution in [0.15, 0.2) is 0 Å². The molecule has 1 saturated heterocycles. The molecule has 2 aliphatic rings. The molecule has 0 aromatic carbocycles. The predicted molar refractivity (Wildman–Crippen MR) is 59.6 cm³/mol. The fourth-order valence-electron chi connectivity index (χ4n) is 2.96. The Labute approximate surface area is 92.1 Å². The van der Waals surface area contributed by atoms with Gasteiger partial charge in [-0.1, -0.05) is 12.8 Å². The number of aliphatic hydroxyl groups is 2. The van der Waals surface area contributed by atoms with E-state index < -0.39 is 0 Å². The maximum absolute atomic E-state index is 9.88. The van der Waals surface area contributed by atoms with E-state index in [0.29, 0.717) is 18.4 Å². The quantitative estimate of drug-likeness (QED) is 0.730. The number of rotatable bonds is 3. The van der Waals surface area contributed by atoms with Crippen molar-refractivity contribution in [1.29, 1.82) is 0 Å². The van der Waals surface area contributed by atoms with Crippen molar-refractivity contribution in [3.63, 3.8) is 0 Å². The van der Waals surface area contributed by atoms with Gasteiger partial charge in [-0.3, -0.25) is 0 Å². The smallest absolute Gasteiger partial charge is 0.0580 e. The van der Waals surface area contributed by atoms with Crippen LogP contribution in [0.2, 0.25) is 0 Å². The molecule has 0 aromatic heterocycles. The van der Waals surface area contributed by atoms with E-state index in [2.05, 4.69) is 4.90 Å². The number of hydrogen-bond acceptors (Lipinski definition) is 3. The third-order valence-corrected chi connectivity index (χ3v) is 3.99. The summed E-state index contributed by atoms with van der Waals surface area (Å²) in [5, 5.41) is 18.9. The monoisotopic (exact) mass is 213 g/mol. The van der Waals surface area contributed by atoms with Gasteiger partial charge >= 0.3 is 0 Å². The second-order valence-corrected chi connectivity index (χ2v) is 5.21. The first-order valence-corrected chi connectivity index (χ1v) is 6.31. The normalized spacial score (nSPS) is 38.4. The summed E-state index contributed by atoms with van der Waals surface area (Å²) in [6.07, 6.45) is 5.69. The summed E-state index contributed by atoms with van der Waals surface area (Å²) in [6, 6.07) is 0. The molecule has 3 heteroatoms. The number of hydrogen-bond donors (Lipinski definition) is 2. The second kappa shape index (κ2) is 5.28. The van der Waals surface area contributed by atoms with Gasteiger partial charge in [0.2, 0.25) is 0 Å². The van der Waals surface area contributed by atoms with Crippen LogP contribution in [0.5, 0.6) is 0 Å². The van der Waals surface area contributed by atoms with Crippen molar-refractivity contribution < 1.29 is 10.2 Å². The van der Waals surface area contributed by atoms with Gasteiger partial charge in [0.25, 0.3) is 0 Å².